The number of pyridine rings is 1. The van der Waals surface area contributed by atoms with E-state index in [0.29, 0.717) is 5.69 Å². The van der Waals surface area contributed by atoms with Crippen LogP contribution in [0.1, 0.15) is 16.1 Å². The Balaban J connectivity index is 2.18. The van der Waals surface area contributed by atoms with Crippen molar-refractivity contribution in [3.8, 4) is 0 Å². The zero-order chi connectivity index (χ0) is 13.1. The number of nitrogens with zero attached hydrogens (tertiary/aromatic N) is 1. The van der Waals surface area contributed by atoms with Crippen LogP contribution in [0.15, 0.2) is 36.5 Å². The predicted octanol–water partition coefficient (Wildman–Crippen LogP) is 2.37. The average Bonchev–Trinajstić information content (AvgIpc) is 2.33. The maximum atomic E-state index is 13.4. The molecule has 0 fully saturated rings. The SMILES string of the molecule is Nc1ccc(C(=O)Cc2ccc(F)cc2F)nc1. The fraction of sp³-hybridized carbons (Fsp3) is 0.0769. The van der Waals surface area contributed by atoms with Crippen molar-refractivity contribution < 1.29 is 13.6 Å². The van der Waals surface area contributed by atoms with Gasteiger partial charge in [-0.3, -0.25) is 9.78 Å². The van der Waals surface area contributed by atoms with E-state index in [2.05, 4.69) is 4.98 Å². The fourth-order valence-corrected chi connectivity index (χ4v) is 1.50. The van der Waals surface area contributed by atoms with Crippen molar-refractivity contribution in [3.05, 3.63) is 59.4 Å². The maximum absolute atomic E-state index is 13.4. The van der Waals surface area contributed by atoms with Gasteiger partial charge in [0.2, 0.25) is 0 Å². The molecule has 0 amide bonds. The van der Waals surface area contributed by atoms with Crippen LogP contribution in [-0.4, -0.2) is 10.8 Å². The molecule has 0 unspecified atom stereocenters. The van der Waals surface area contributed by atoms with E-state index < -0.39 is 11.6 Å². The molecule has 2 N–H and O–H groups in total. The number of anilines is 1. The molecular formula is C13H10F2N2O. The number of nitrogens with two attached hydrogens (primary N) is 1. The molecule has 0 saturated carbocycles. The highest BCUT2D eigenvalue weighted by Gasteiger charge is 2.12. The van der Waals surface area contributed by atoms with Crippen LogP contribution in [0.5, 0.6) is 0 Å². The van der Waals surface area contributed by atoms with Crippen molar-refractivity contribution in [2.75, 3.05) is 5.73 Å². The highest BCUT2D eigenvalue weighted by Crippen LogP contribution is 2.12. The zero-order valence-corrected chi connectivity index (χ0v) is 9.36. The minimum Gasteiger partial charge on any atom is -0.397 e. The van der Waals surface area contributed by atoms with E-state index in [1.165, 1.54) is 18.3 Å². The summed E-state index contributed by atoms with van der Waals surface area (Å²) in [5.74, 6) is -1.76. The number of rotatable bonds is 3. The molecule has 0 bridgehead atoms. The van der Waals surface area contributed by atoms with Crippen LogP contribution in [0, 0.1) is 11.6 Å². The zero-order valence-electron chi connectivity index (χ0n) is 9.36. The summed E-state index contributed by atoms with van der Waals surface area (Å²) in [5, 5.41) is 0. The van der Waals surface area contributed by atoms with Crippen molar-refractivity contribution in [3.63, 3.8) is 0 Å². The van der Waals surface area contributed by atoms with Crippen LogP contribution in [-0.2, 0) is 6.42 Å². The lowest BCUT2D eigenvalue weighted by Crippen LogP contribution is -2.07. The summed E-state index contributed by atoms with van der Waals surface area (Å²) in [6, 6.07) is 6.13. The van der Waals surface area contributed by atoms with Crippen molar-refractivity contribution in [2.45, 2.75) is 6.42 Å². The summed E-state index contributed by atoms with van der Waals surface area (Å²) in [6.07, 6.45) is 1.19. The van der Waals surface area contributed by atoms with Crippen LogP contribution in [0.25, 0.3) is 0 Å². The van der Waals surface area contributed by atoms with Crippen molar-refractivity contribution in [2.24, 2.45) is 0 Å². The Hall–Kier alpha value is -2.30. The number of Topliss-reactive ketones (excluding diaryl/α,β-unsaturated/α-hetero) is 1. The molecule has 92 valence electrons. The van der Waals surface area contributed by atoms with Crippen LogP contribution >= 0.6 is 0 Å². The molecule has 1 heterocycles. The minimum absolute atomic E-state index is 0.139. The first-order valence-electron chi connectivity index (χ1n) is 5.25. The molecule has 0 aliphatic rings. The quantitative estimate of drug-likeness (QED) is 0.848. The van der Waals surface area contributed by atoms with Crippen LogP contribution in [0.2, 0.25) is 0 Å². The molecule has 0 spiro atoms. The second kappa shape index (κ2) is 4.91. The van der Waals surface area contributed by atoms with E-state index in [0.717, 1.165) is 12.1 Å². The predicted molar refractivity (Wildman–Crippen MR) is 63.0 cm³/mol. The number of hydrogen-bond acceptors (Lipinski definition) is 3. The summed E-state index contributed by atoms with van der Waals surface area (Å²) in [5.41, 5.74) is 6.23. The molecule has 5 heteroatoms. The van der Waals surface area contributed by atoms with Gasteiger partial charge >= 0.3 is 0 Å². The molecule has 0 radical (unpaired) electrons. The monoisotopic (exact) mass is 248 g/mol. The summed E-state index contributed by atoms with van der Waals surface area (Å²) < 4.78 is 26.1. The van der Waals surface area contributed by atoms with Crippen molar-refractivity contribution in [1.82, 2.24) is 4.98 Å². The second-order valence-corrected chi connectivity index (χ2v) is 3.81. The van der Waals surface area contributed by atoms with E-state index in [1.807, 2.05) is 0 Å². The topological polar surface area (TPSA) is 56.0 Å². The lowest BCUT2D eigenvalue weighted by atomic mass is 10.1. The molecule has 0 atom stereocenters. The van der Waals surface area contributed by atoms with Crippen LogP contribution < -0.4 is 5.73 Å². The molecule has 1 aromatic carbocycles. The standard InChI is InChI=1S/C13H10F2N2O/c14-9-2-1-8(11(15)6-9)5-13(18)12-4-3-10(16)7-17-12/h1-4,6-7H,5,16H2. The van der Waals surface area contributed by atoms with Gasteiger partial charge in [-0.25, -0.2) is 8.78 Å². The highest BCUT2D eigenvalue weighted by atomic mass is 19.1. The largest absolute Gasteiger partial charge is 0.397 e. The Labute approximate surface area is 102 Å². The fourth-order valence-electron chi connectivity index (χ4n) is 1.50. The minimum atomic E-state index is -0.737. The van der Waals surface area contributed by atoms with Crippen LogP contribution in [0.4, 0.5) is 14.5 Å². The first-order chi connectivity index (χ1) is 8.56. The summed E-state index contributed by atoms with van der Waals surface area (Å²) in [4.78, 5) is 15.6. The molecule has 1 aromatic heterocycles. The lowest BCUT2D eigenvalue weighted by Gasteiger charge is -2.03. The van der Waals surface area contributed by atoms with Crippen molar-refractivity contribution >= 4 is 11.5 Å². The Bertz CT molecular complexity index is 582. The maximum Gasteiger partial charge on any atom is 0.185 e. The second-order valence-electron chi connectivity index (χ2n) is 3.81. The number of aromatic nitrogens is 1. The third-order valence-electron chi connectivity index (χ3n) is 2.44. The Morgan fingerprint density at radius 1 is 1.22 bits per heavy atom. The van der Waals surface area contributed by atoms with Gasteiger partial charge in [-0.15, -0.1) is 0 Å². The molecule has 2 aromatic rings. The molecule has 0 saturated heterocycles. The van der Waals surface area contributed by atoms with Gasteiger partial charge in [-0.2, -0.15) is 0 Å². The molecule has 18 heavy (non-hydrogen) atoms. The highest BCUT2D eigenvalue weighted by molar-refractivity contribution is 5.95. The van der Waals surface area contributed by atoms with Crippen molar-refractivity contribution in [1.29, 1.82) is 0 Å². The van der Waals surface area contributed by atoms with Gasteiger partial charge in [-0.1, -0.05) is 6.07 Å². The molecular weight excluding hydrogens is 238 g/mol. The van der Waals surface area contributed by atoms with Gasteiger partial charge < -0.3 is 5.73 Å². The van der Waals surface area contributed by atoms with Gasteiger partial charge in [0, 0.05) is 12.5 Å². The first kappa shape index (κ1) is 12.2. The average molecular weight is 248 g/mol. The number of halogens is 2. The summed E-state index contributed by atoms with van der Waals surface area (Å²) in [6.45, 7) is 0. The number of benzene rings is 1. The number of ketones is 1. The Kier molecular flexibility index (Phi) is 3.32. The van der Waals surface area contributed by atoms with Crippen LogP contribution in [0.3, 0.4) is 0 Å². The van der Waals surface area contributed by atoms with Gasteiger partial charge in [0.05, 0.1) is 11.9 Å². The third kappa shape index (κ3) is 2.68. The number of carbonyl (C=O) groups is 1. The van der Waals surface area contributed by atoms with Gasteiger partial charge in [-0.05, 0) is 23.8 Å². The lowest BCUT2D eigenvalue weighted by molar-refractivity contribution is 0.0987. The number of hydrogen-bond donors (Lipinski definition) is 1. The summed E-state index contributed by atoms with van der Waals surface area (Å²) >= 11 is 0. The van der Waals surface area contributed by atoms with Gasteiger partial charge in [0.1, 0.15) is 17.3 Å². The molecule has 0 aliphatic heterocycles. The first-order valence-corrected chi connectivity index (χ1v) is 5.25. The molecule has 3 nitrogen and oxygen atoms in total. The van der Waals surface area contributed by atoms with E-state index in [9.17, 15) is 13.6 Å². The third-order valence-corrected chi connectivity index (χ3v) is 2.44. The number of nitrogen functional groups attached to an aromatic ring is 1. The van der Waals surface area contributed by atoms with E-state index in [4.69, 9.17) is 5.73 Å². The van der Waals surface area contributed by atoms with E-state index >= 15 is 0 Å². The Morgan fingerprint density at radius 3 is 2.61 bits per heavy atom. The number of carbonyl (C=O) groups excluding carboxylic acids is 1. The smallest absolute Gasteiger partial charge is 0.185 e. The normalized spacial score (nSPS) is 10.3. The molecule has 0 aliphatic carbocycles. The van der Waals surface area contributed by atoms with E-state index in [-0.39, 0.29) is 23.5 Å². The van der Waals surface area contributed by atoms with E-state index in [1.54, 1.807) is 6.07 Å². The van der Waals surface area contributed by atoms with Gasteiger partial charge in [0.15, 0.2) is 5.78 Å². The molecule has 2 rings (SSSR count). The van der Waals surface area contributed by atoms with Gasteiger partial charge in [0.25, 0.3) is 0 Å². The Morgan fingerprint density at radius 2 is 2.00 bits per heavy atom. The summed E-state index contributed by atoms with van der Waals surface area (Å²) in [7, 11) is 0.